The lowest BCUT2D eigenvalue weighted by atomic mass is 10.0. The largest absolute Gasteiger partial charge is 0.355 e. The van der Waals surface area contributed by atoms with E-state index >= 15 is 0 Å². The summed E-state index contributed by atoms with van der Waals surface area (Å²) in [5, 5.41) is 2.99. The Morgan fingerprint density at radius 1 is 1.41 bits per heavy atom. The van der Waals surface area contributed by atoms with E-state index in [1.165, 1.54) is 11.1 Å². The molecule has 0 aliphatic heterocycles. The number of hydrogen-bond donors (Lipinski definition) is 2. The van der Waals surface area contributed by atoms with Crippen LogP contribution in [-0.4, -0.2) is 19.0 Å². The molecule has 3 nitrogen and oxygen atoms in total. The second kappa shape index (κ2) is 4.88. The van der Waals surface area contributed by atoms with E-state index in [0.29, 0.717) is 13.1 Å². The number of benzene rings is 1. The smallest absolute Gasteiger partial charge is 0.227 e. The molecule has 0 unspecified atom stereocenters. The third-order valence-corrected chi connectivity index (χ3v) is 3.67. The lowest BCUT2D eigenvalue weighted by Crippen LogP contribution is -2.37. The quantitative estimate of drug-likeness (QED) is 0.806. The van der Waals surface area contributed by atoms with Crippen LogP contribution in [0.3, 0.4) is 0 Å². The number of carbonyl (C=O) groups is 1. The molecule has 3 N–H and O–H groups in total. The van der Waals surface area contributed by atoms with E-state index in [2.05, 4.69) is 24.4 Å². The molecule has 0 aromatic heterocycles. The number of nitrogens with two attached hydrogens (primary N) is 1. The molecular weight excluding hydrogens is 212 g/mol. The summed E-state index contributed by atoms with van der Waals surface area (Å²) in [6.45, 7) is 3.27. The lowest BCUT2D eigenvalue weighted by molar-refractivity contribution is -0.125. The summed E-state index contributed by atoms with van der Waals surface area (Å²) in [5.74, 6) is 0.133. The minimum atomic E-state index is -0.230. The van der Waals surface area contributed by atoms with Gasteiger partial charge in [0.05, 0.1) is 5.41 Å². The summed E-state index contributed by atoms with van der Waals surface area (Å²) in [6, 6.07) is 8.27. The van der Waals surface area contributed by atoms with Gasteiger partial charge in [-0.05, 0) is 37.3 Å². The average molecular weight is 232 g/mol. The normalized spacial score (nSPS) is 16.6. The molecule has 0 spiro atoms. The van der Waals surface area contributed by atoms with Gasteiger partial charge < -0.3 is 11.1 Å². The summed E-state index contributed by atoms with van der Waals surface area (Å²) >= 11 is 0. The predicted molar refractivity (Wildman–Crippen MR) is 68.6 cm³/mol. The monoisotopic (exact) mass is 232 g/mol. The van der Waals surface area contributed by atoms with Gasteiger partial charge in [0.1, 0.15) is 0 Å². The van der Waals surface area contributed by atoms with Gasteiger partial charge in [-0.1, -0.05) is 24.3 Å². The zero-order valence-corrected chi connectivity index (χ0v) is 10.3. The number of carbonyl (C=O) groups excluding carboxylic acids is 1. The van der Waals surface area contributed by atoms with E-state index in [9.17, 15) is 4.79 Å². The van der Waals surface area contributed by atoms with Gasteiger partial charge in [0, 0.05) is 13.1 Å². The fourth-order valence-electron chi connectivity index (χ4n) is 2.06. The molecule has 0 atom stereocenters. The van der Waals surface area contributed by atoms with Crippen LogP contribution < -0.4 is 11.1 Å². The third-order valence-electron chi connectivity index (χ3n) is 3.67. The Labute approximate surface area is 102 Å². The number of nitrogens with one attached hydrogen (secondary N) is 1. The standard InChI is InChI=1S/C14H20N2O/c1-11-4-2-3-5-12(11)6-9-16-13(17)14(10-15)7-8-14/h2-5H,6-10,15H2,1H3,(H,16,17). The number of rotatable bonds is 5. The summed E-state index contributed by atoms with van der Waals surface area (Å²) < 4.78 is 0. The van der Waals surface area contributed by atoms with E-state index in [-0.39, 0.29) is 11.3 Å². The van der Waals surface area contributed by atoms with E-state index in [1.807, 2.05) is 12.1 Å². The van der Waals surface area contributed by atoms with Crippen LogP contribution in [-0.2, 0) is 11.2 Å². The molecule has 1 fully saturated rings. The van der Waals surface area contributed by atoms with Crippen LogP contribution in [0, 0.1) is 12.3 Å². The molecule has 1 aliphatic carbocycles. The summed E-state index contributed by atoms with van der Waals surface area (Å²) in [7, 11) is 0. The van der Waals surface area contributed by atoms with Gasteiger partial charge in [-0.15, -0.1) is 0 Å². The third kappa shape index (κ3) is 2.67. The van der Waals surface area contributed by atoms with Crippen LogP contribution in [0.25, 0.3) is 0 Å². The number of amides is 1. The molecule has 1 aromatic carbocycles. The van der Waals surface area contributed by atoms with Gasteiger partial charge in [-0.3, -0.25) is 4.79 Å². The van der Waals surface area contributed by atoms with Crippen LogP contribution in [0.1, 0.15) is 24.0 Å². The van der Waals surface area contributed by atoms with E-state index < -0.39 is 0 Å². The van der Waals surface area contributed by atoms with Crippen LogP contribution in [0.4, 0.5) is 0 Å². The molecule has 1 aliphatic rings. The van der Waals surface area contributed by atoms with Gasteiger partial charge in [0.15, 0.2) is 0 Å². The highest BCUT2D eigenvalue weighted by molar-refractivity contribution is 5.85. The van der Waals surface area contributed by atoms with Crippen molar-refractivity contribution in [2.24, 2.45) is 11.1 Å². The minimum absolute atomic E-state index is 0.133. The highest BCUT2D eigenvalue weighted by Gasteiger charge is 2.48. The number of aryl methyl sites for hydroxylation is 1. The molecule has 0 radical (unpaired) electrons. The Morgan fingerprint density at radius 3 is 2.71 bits per heavy atom. The molecule has 0 saturated heterocycles. The summed E-state index contributed by atoms with van der Waals surface area (Å²) in [4.78, 5) is 11.8. The molecule has 3 heteroatoms. The second-order valence-corrected chi connectivity index (χ2v) is 4.92. The Bertz CT molecular complexity index is 410. The highest BCUT2D eigenvalue weighted by atomic mass is 16.2. The zero-order chi connectivity index (χ0) is 12.3. The van der Waals surface area contributed by atoms with Crippen molar-refractivity contribution in [1.82, 2.24) is 5.32 Å². The predicted octanol–water partition coefficient (Wildman–Crippen LogP) is 1.39. The van der Waals surface area contributed by atoms with Crippen molar-refractivity contribution in [3.05, 3.63) is 35.4 Å². The van der Waals surface area contributed by atoms with Crippen LogP contribution >= 0.6 is 0 Å². The highest BCUT2D eigenvalue weighted by Crippen LogP contribution is 2.44. The second-order valence-electron chi connectivity index (χ2n) is 4.92. The van der Waals surface area contributed by atoms with Crippen molar-refractivity contribution in [2.75, 3.05) is 13.1 Å². The van der Waals surface area contributed by atoms with Gasteiger partial charge in [0.25, 0.3) is 0 Å². The molecule has 17 heavy (non-hydrogen) atoms. The fraction of sp³-hybridized carbons (Fsp3) is 0.500. The summed E-state index contributed by atoms with van der Waals surface area (Å²) in [5.41, 5.74) is 7.96. The average Bonchev–Trinajstić information content (AvgIpc) is 3.12. The first-order chi connectivity index (χ1) is 8.18. The Hall–Kier alpha value is -1.35. The van der Waals surface area contributed by atoms with Gasteiger partial charge in [0.2, 0.25) is 5.91 Å². The topological polar surface area (TPSA) is 55.1 Å². The molecule has 1 saturated carbocycles. The zero-order valence-electron chi connectivity index (χ0n) is 10.3. The van der Waals surface area contributed by atoms with Gasteiger partial charge >= 0.3 is 0 Å². The van der Waals surface area contributed by atoms with E-state index in [4.69, 9.17) is 5.73 Å². The first kappa shape index (κ1) is 12.1. The lowest BCUT2D eigenvalue weighted by Gasteiger charge is -2.13. The SMILES string of the molecule is Cc1ccccc1CCNC(=O)C1(CN)CC1. The molecule has 1 amide bonds. The maximum absolute atomic E-state index is 11.8. The van der Waals surface area contributed by atoms with Crippen LogP contribution in [0.2, 0.25) is 0 Å². The fourth-order valence-corrected chi connectivity index (χ4v) is 2.06. The van der Waals surface area contributed by atoms with Gasteiger partial charge in [-0.25, -0.2) is 0 Å². The van der Waals surface area contributed by atoms with Crippen LogP contribution in [0.15, 0.2) is 24.3 Å². The Kier molecular flexibility index (Phi) is 3.48. The Balaban J connectivity index is 1.80. The molecule has 0 bridgehead atoms. The number of hydrogen-bond acceptors (Lipinski definition) is 2. The molecule has 92 valence electrons. The van der Waals surface area contributed by atoms with Gasteiger partial charge in [-0.2, -0.15) is 0 Å². The first-order valence-electron chi connectivity index (χ1n) is 6.21. The van der Waals surface area contributed by atoms with Crippen molar-refractivity contribution < 1.29 is 4.79 Å². The minimum Gasteiger partial charge on any atom is -0.355 e. The van der Waals surface area contributed by atoms with Crippen molar-refractivity contribution in [3.8, 4) is 0 Å². The van der Waals surface area contributed by atoms with E-state index in [0.717, 1.165) is 19.3 Å². The summed E-state index contributed by atoms with van der Waals surface area (Å²) in [6.07, 6.45) is 2.78. The first-order valence-corrected chi connectivity index (χ1v) is 6.21. The van der Waals surface area contributed by atoms with Crippen molar-refractivity contribution in [1.29, 1.82) is 0 Å². The van der Waals surface area contributed by atoms with Crippen molar-refractivity contribution in [2.45, 2.75) is 26.2 Å². The molecule has 0 heterocycles. The molecule has 1 aromatic rings. The molecule has 2 rings (SSSR count). The van der Waals surface area contributed by atoms with Crippen molar-refractivity contribution >= 4 is 5.91 Å². The Morgan fingerprint density at radius 2 is 2.12 bits per heavy atom. The van der Waals surface area contributed by atoms with Crippen LogP contribution in [0.5, 0.6) is 0 Å². The van der Waals surface area contributed by atoms with E-state index in [1.54, 1.807) is 0 Å². The molecular formula is C14H20N2O. The maximum atomic E-state index is 11.8. The maximum Gasteiger partial charge on any atom is 0.227 e. The van der Waals surface area contributed by atoms with Crippen molar-refractivity contribution in [3.63, 3.8) is 0 Å².